The number of hydrogen-bond donors (Lipinski definition) is 1. The summed E-state index contributed by atoms with van der Waals surface area (Å²) in [5.74, 6) is -0.417. The minimum Gasteiger partial charge on any atom is -0.393 e. The molecule has 0 bridgehead atoms. The van der Waals surface area contributed by atoms with Crippen LogP contribution in [0.3, 0.4) is 0 Å². The number of rotatable bonds is 6. The number of nitro groups is 1. The highest BCUT2D eigenvalue weighted by atomic mass is 16.6. The topological polar surface area (TPSA) is 90.4 Å². The molecular formula is C9H15N3O4. The summed E-state index contributed by atoms with van der Waals surface area (Å²) in [4.78, 5) is 13.7. The number of nitrogens with zero attached hydrogens (tertiary/aromatic N) is 3. The Morgan fingerprint density at radius 1 is 1.75 bits per heavy atom. The molecule has 2 atom stereocenters. The van der Waals surface area contributed by atoms with E-state index < -0.39 is 11.0 Å². The Morgan fingerprint density at radius 3 is 2.94 bits per heavy atom. The van der Waals surface area contributed by atoms with Crippen molar-refractivity contribution in [3.05, 3.63) is 22.5 Å². The van der Waals surface area contributed by atoms with Crippen molar-refractivity contribution in [1.29, 1.82) is 0 Å². The number of hydrogen-bond acceptors (Lipinski definition) is 5. The van der Waals surface area contributed by atoms with E-state index in [9.17, 15) is 15.2 Å². The van der Waals surface area contributed by atoms with Crippen LogP contribution >= 0.6 is 0 Å². The highest BCUT2D eigenvalue weighted by Gasteiger charge is 2.22. The predicted molar refractivity (Wildman–Crippen MR) is 55.9 cm³/mol. The maximum absolute atomic E-state index is 10.6. The molecule has 0 amide bonds. The van der Waals surface area contributed by atoms with Crippen LogP contribution in [0.1, 0.15) is 6.92 Å². The van der Waals surface area contributed by atoms with Gasteiger partial charge in [0.05, 0.1) is 19.3 Å². The first-order valence-electron chi connectivity index (χ1n) is 4.88. The molecule has 1 aromatic heterocycles. The molecular weight excluding hydrogens is 214 g/mol. The van der Waals surface area contributed by atoms with Gasteiger partial charge in [-0.2, -0.15) is 0 Å². The second kappa shape index (κ2) is 5.57. The molecule has 7 heteroatoms. The van der Waals surface area contributed by atoms with Gasteiger partial charge in [0.2, 0.25) is 0 Å². The van der Waals surface area contributed by atoms with Gasteiger partial charge < -0.3 is 20.0 Å². The third kappa shape index (κ3) is 3.01. The van der Waals surface area contributed by atoms with Crippen LogP contribution in [0.4, 0.5) is 5.95 Å². The van der Waals surface area contributed by atoms with Gasteiger partial charge in [0.15, 0.2) is 0 Å². The van der Waals surface area contributed by atoms with E-state index in [1.54, 1.807) is 6.92 Å². The Morgan fingerprint density at radius 2 is 2.44 bits per heavy atom. The molecule has 1 N–H and O–H groups in total. The van der Waals surface area contributed by atoms with E-state index >= 15 is 0 Å². The lowest BCUT2D eigenvalue weighted by atomic mass is 10.1. The minimum absolute atomic E-state index is 0.196. The van der Waals surface area contributed by atoms with E-state index in [-0.39, 0.29) is 11.9 Å². The Kier molecular flexibility index (Phi) is 4.39. The molecule has 0 fully saturated rings. The van der Waals surface area contributed by atoms with E-state index in [4.69, 9.17) is 4.74 Å². The number of aromatic nitrogens is 2. The zero-order valence-electron chi connectivity index (χ0n) is 9.24. The SMILES string of the molecule is COCC(Cn1ccnc1[N+](=O)[O-])C(C)O. The van der Waals surface area contributed by atoms with E-state index in [0.717, 1.165) is 0 Å². The van der Waals surface area contributed by atoms with Gasteiger partial charge >= 0.3 is 5.95 Å². The first-order chi connectivity index (χ1) is 7.56. The van der Waals surface area contributed by atoms with E-state index in [0.29, 0.717) is 13.2 Å². The second-order valence-corrected chi connectivity index (χ2v) is 3.59. The van der Waals surface area contributed by atoms with Crippen molar-refractivity contribution in [2.24, 2.45) is 5.92 Å². The molecule has 0 aromatic carbocycles. The van der Waals surface area contributed by atoms with Crippen molar-refractivity contribution in [2.45, 2.75) is 19.6 Å². The molecule has 0 aliphatic heterocycles. The fraction of sp³-hybridized carbons (Fsp3) is 0.667. The number of aliphatic hydroxyl groups is 1. The van der Waals surface area contributed by atoms with Gasteiger partial charge in [-0.15, -0.1) is 0 Å². The minimum atomic E-state index is -0.595. The standard InChI is InChI=1S/C9H15N3O4/c1-7(13)8(6-16-2)5-11-4-3-10-9(11)12(14)15/h3-4,7-8,13H,5-6H2,1-2H3. The molecule has 0 aliphatic carbocycles. The molecule has 0 saturated carbocycles. The average molecular weight is 229 g/mol. The maximum atomic E-state index is 10.6. The number of aliphatic hydroxyl groups excluding tert-OH is 1. The van der Waals surface area contributed by atoms with Crippen LogP contribution in [-0.4, -0.2) is 39.4 Å². The van der Waals surface area contributed by atoms with E-state index in [1.165, 1.54) is 24.1 Å². The Bertz CT molecular complexity index is 350. The summed E-state index contributed by atoms with van der Waals surface area (Å²) in [7, 11) is 1.53. The molecule has 0 spiro atoms. The summed E-state index contributed by atoms with van der Waals surface area (Å²) in [6.07, 6.45) is 2.29. The molecule has 1 heterocycles. The van der Waals surface area contributed by atoms with Crippen molar-refractivity contribution in [3.8, 4) is 0 Å². The van der Waals surface area contributed by atoms with Gasteiger partial charge in [-0.25, -0.2) is 4.57 Å². The number of ether oxygens (including phenoxy) is 1. The highest BCUT2D eigenvalue weighted by molar-refractivity contribution is 5.06. The molecule has 0 radical (unpaired) electrons. The molecule has 90 valence electrons. The normalized spacial score (nSPS) is 14.7. The van der Waals surface area contributed by atoms with Crippen molar-refractivity contribution < 1.29 is 14.8 Å². The predicted octanol–water partition coefficient (Wildman–Crippen LogP) is 0.435. The fourth-order valence-corrected chi connectivity index (χ4v) is 1.43. The van der Waals surface area contributed by atoms with Crippen LogP contribution in [0, 0.1) is 16.0 Å². The van der Waals surface area contributed by atoms with Gasteiger partial charge in [-0.3, -0.25) is 0 Å². The van der Waals surface area contributed by atoms with Crippen LogP contribution in [0.5, 0.6) is 0 Å². The van der Waals surface area contributed by atoms with Crippen molar-refractivity contribution in [1.82, 2.24) is 9.55 Å². The van der Waals surface area contributed by atoms with Crippen LogP contribution in [-0.2, 0) is 11.3 Å². The summed E-state index contributed by atoms with van der Waals surface area (Å²) in [6.45, 7) is 2.28. The summed E-state index contributed by atoms with van der Waals surface area (Å²) in [6, 6.07) is 0. The molecule has 1 rings (SSSR count). The fourth-order valence-electron chi connectivity index (χ4n) is 1.43. The Balaban J connectivity index is 2.76. The van der Waals surface area contributed by atoms with Crippen LogP contribution < -0.4 is 0 Å². The Labute approximate surface area is 92.8 Å². The lowest BCUT2D eigenvalue weighted by Gasteiger charge is -2.17. The molecule has 16 heavy (non-hydrogen) atoms. The largest absolute Gasteiger partial charge is 0.434 e. The molecule has 0 saturated heterocycles. The lowest BCUT2D eigenvalue weighted by Crippen LogP contribution is -2.26. The average Bonchev–Trinajstić information content (AvgIpc) is 2.65. The van der Waals surface area contributed by atoms with E-state index in [2.05, 4.69) is 4.98 Å². The monoisotopic (exact) mass is 229 g/mol. The first kappa shape index (κ1) is 12.6. The highest BCUT2D eigenvalue weighted by Crippen LogP contribution is 2.13. The van der Waals surface area contributed by atoms with Gasteiger partial charge in [-0.05, 0) is 11.8 Å². The first-order valence-corrected chi connectivity index (χ1v) is 4.88. The van der Waals surface area contributed by atoms with Gasteiger partial charge in [-0.1, -0.05) is 4.98 Å². The van der Waals surface area contributed by atoms with Crippen LogP contribution in [0.15, 0.2) is 12.4 Å². The lowest BCUT2D eigenvalue weighted by molar-refractivity contribution is -0.397. The van der Waals surface area contributed by atoms with E-state index in [1.807, 2.05) is 0 Å². The van der Waals surface area contributed by atoms with Crippen LogP contribution in [0.25, 0.3) is 0 Å². The number of methoxy groups -OCH3 is 1. The molecule has 2 unspecified atom stereocenters. The zero-order valence-corrected chi connectivity index (χ0v) is 9.24. The summed E-state index contributed by atoms with van der Waals surface area (Å²) in [5, 5.41) is 20.1. The molecule has 0 aliphatic rings. The summed E-state index contributed by atoms with van der Waals surface area (Å²) < 4.78 is 6.35. The maximum Gasteiger partial charge on any atom is 0.434 e. The summed E-state index contributed by atoms with van der Waals surface area (Å²) >= 11 is 0. The second-order valence-electron chi connectivity index (χ2n) is 3.59. The van der Waals surface area contributed by atoms with Gasteiger partial charge in [0.1, 0.15) is 12.4 Å². The van der Waals surface area contributed by atoms with Crippen LogP contribution in [0.2, 0.25) is 0 Å². The van der Waals surface area contributed by atoms with Gasteiger partial charge in [0, 0.05) is 13.0 Å². The van der Waals surface area contributed by atoms with Crippen molar-refractivity contribution >= 4 is 5.95 Å². The smallest absolute Gasteiger partial charge is 0.393 e. The quantitative estimate of drug-likeness (QED) is 0.564. The third-order valence-electron chi connectivity index (χ3n) is 2.35. The number of imidazole rings is 1. The zero-order chi connectivity index (χ0) is 12.1. The van der Waals surface area contributed by atoms with Crippen molar-refractivity contribution in [3.63, 3.8) is 0 Å². The summed E-state index contributed by atoms with van der Waals surface area (Å²) in [5.41, 5.74) is 0. The van der Waals surface area contributed by atoms with Gasteiger partial charge in [0.25, 0.3) is 0 Å². The third-order valence-corrected chi connectivity index (χ3v) is 2.35. The Hall–Kier alpha value is -1.47. The molecule has 7 nitrogen and oxygen atoms in total. The molecule has 1 aromatic rings. The van der Waals surface area contributed by atoms with Crippen molar-refractivity contribution in [2.75, 3.05) is 13.7 Å².